The van der Waals surface area contributed by atoms with E-state index in [9.17, 15) is 4.79 Å². The molecule has 1 fully saturated rings. The van der Waals surface area contributed by atoms with Gasteiger partial charge in [-0.2, -0.15) is 0 Å². The van der Waals surface area contributed by atoms with Crippen LogP contribution in [0.1, 0.15) is 5.56 Å². The van der Waals surface area contributed by atoms with E-state index in [0.717, 1.165) is 37.4 Å². The average Bonchev–Trinajstić information content (AvgIpc) is 2.64. The molecule has 0 atom stereocenters. The number of benzene rings is 2. The monoisotopic (exact) mass is 338 g/mol. The molecule has 5 nitrogen and oxygen atoms in total. The zero-order valence-corrected chi connectivity index (χ0v) is 15.2. The Hall–Kier alpha value is -2.69. The van der Waals surface area contributed by atoms with Gasteiger partial charge in [0.1, 0.15) is 0 Å². The molecule has 5 heteroatoms. The van der Waals surface area contributed by atoms with Crippen LogP contribution in [0.25, 0.3) is 0 Å². The van der Waals surface area contributed by atoms with E-state index >= 15 is 0 Å². The van der Waals surface area contributed by atoms with Gasteiger partial charge in [-0.3, -0.25) is 0 Å². The van der Waals surface area contributed by atoms with Gasteiger partial charge in [0, 0.05) is 57.3 Å². The molecule has 0 aliphatic carbocycles. The number of aryl methyl sites for hydroxylation is 1. The van der Waals surface area contributed by atoms with Crippen molar-refractivity contribution >= 4 is 23.1 Å². The number of hydrogen-bond acceptors (Lipinski definition) is 3. The van der Waals surface area contributed by atoms with Gasteiger partial charge in [0.2, 0.25) is 0 Å². The second-order valence-electron chi connectivity index (χ2n) is 6.63. The molecule has 2 aromatic carbocycles. The fourth-order valence-corrected chi connectivity index (χ4v) is 3.04. The summed E-state index contributed by atoms with van der Waals surface area (Å²) in [6.07, 6.45) is 0. The Labute approximate surface area is 149 Å². The second-order valence-corrected chi connectivity index (χ2v) is 6.63. The third kappa shape index (κ3) is 4.05. The number of amides is 2. The van der Waals surface area contributed by atoms with Crippen LogP contribution in [0.5, 0.6) is 0 Å². The SMILES string of the molecule is Cc1ccccc1NC(=O)N1CCN(c2ccc(N(C)C)cc2)CC1. The highest BCUT2D eigenvalue weighted by atomic mass is 16.2. The maximum atomic E-state index is 12.5. The summed E-state index contributed by atoms with van der Waals surface area (Å²) in [5.74, 6) is 0. The molecule has 1 aliphatic rings. The molecule has 1 N–H and O–H groups in total. The number of nitrogens with one attached hydrogen (secondary N) is 1. The third-order valence-electron chi connectivity index (χ3n) is 4.68. The summed E-state index contributed by atoms with van der Waals surface area (Å²) >= 11 is 0. The minimum atomic E-state index is -0.0168. The molecule has 1 heterocycles. The lowest BCUT2D eigenvalue weighted by molar-refractivity contribution is 0.208. The van der Waals surface area contributed by atoms with Crippen molar-refractivity contribution in [1.82, 2.24) is 4.90 Å². The Kier molecular flexibility index (Phi) is 5.12. The summed E-state index contributed by atoms with van der Waals surface area (Å²) in [5, 5.41) is 3.02. The normalized spacial score (nSPS) is 14.4. The van der Waals surface area contributed by atoms with Crippen molar-refractivity contribution in [3.63, 3.8) is 0 Å². The fourth-order valence-electron chi connectivity index (χ4n) is 3.04. The molecule has 3 rings (SSSR count). The minimum absolute atomic E-state index is 0.0168. The zero-order valence-electron chi connectivity index (χ0n) is 15.2. The average molecular weight is 338 g/mol. The molecule has 25 heavy (non-hydrogen) atoms. The Morgan fingerprint density at radius 3 is 2.20 bits per heavy atom. The standard InChI is InChI=1S/C20H26N4O/c1-16-6-4-5-7-19(16)21-20(25)24-14-12-23(13-15-24)18-10-8-17(9-11-18)22(2)3/h4-11H,12-15H2,1-3H3,(H,21,25). The van der Waals surface area contributed by atoms with Crippen molar-refractivity contribution in [3.8, 4) is 0 Å². The largest absolute Gasteiger partial charge is 0.378 e. The summed E-state index contributed by atoms with van der Waals surface area (Å²) in [5.41, 5.74) is 4.37. The molecule has 2 amide bonds. The molecule has 0 radical (unpaired) electrons. The van der Waals surface area contributed by atoms with Gasteiger partial charge in [0.15, 0.2) is 0 Å². The summed E-state index contributed by atoms with van der Waals surface area (Å²) in [4.78, 5) is 18.8. The van der Waals surface area contributed by atoms with Crippen molar-refractivity contribution in [2.24, 2.45) is 0 Å². The van der Waals surface area contributed by atoms with Crippen LogP contribution in [0.3, 0.4) is 0 Å². The van der Waals surface area contributed by atoms with Crippen LogP contribution in [0.15, 0.2) is 48.5 Å². The van der Waals surface area contributed by atoms with E-state index in [4.69, 9.17) is 0 Å². The first kappa shape index (κ1) is 17.1. The lowest BCUT2D eigenvalue weighted by Crippen LogP contribution is -2.50. The van der Waals surface area contributed by atoms with Gasteiger partial charge in [-0.25, -0.2) is 4.79 Å². The maximum absolute atomic E-state index is 12.5. The zero-order chi connectivity index (χ0) is 17.8. The van der Waals surface area contributed by atoms with Gasteiger partial charge in [-0.05, 0) is 42.8 Å². The van der Waals surface area contributed by atoms with Crippen LogP contribution in [0.2, 0.25) is 0 Å². The van der Waals surface area contributed by atoms with Crippen LogP contribution in [-0.2, 0) is 0 Å². The van der Waals surface area contributed by atoms with E-state index in [1.165, 1.54) is 11.4 Å². The van der Waals surface area contributed by atoms with Crippen molar-refractivity contribution in [2.45, 2.75) is 6.92 Å². The third-order valence-corrected chi connectivity index (χ3v) is 4.68. The van der Waals surface area contributed by atoms with Crippen LogP contribution in [0.4, 0.5) is 21.9 Å². The van der Waals surface area contributed by atoms with E-state index in [-0.39, 0.29) is 6.03 Å². The summed E-state index contributed by atoms with van der Waals surface area (Å²) in [6.45, 7) is 5.16. The molecule has 0 bridgehead atoms. The fraction of sp³-hybridized carbons (Fsp3) is 0.350. The number of carbonyl (C=O) groups is 1. The summed E-state index contributed by atoms with van der Waals surface area (Å²) < 4.78 is 0. The molecule has 0 aromatic heterocycles. The molecule has 1 saturated heterocycles. The Morgan fingerprint density at radius 1 is 0.960 bits per heavy atom. The molecule has 1 aliphatic heterocycles. The van der Waals surface area contributed by atoms with Gasteiger partial charge in [0.05, 0.1) is 0 Å². The molecule has 2 aromatic rings. The van der Waals surface area contributed by atoms with Gasteiger partial charge in [-0.1, -0.05) is 18.2 Å². The quantitative estimate of drug-likeness (QED) is 0.932. The van der Waals surface area contributed by atoms with Gasteiger partial charge < -0.3 is 20.0 Å². The highest BCUT2D eigenvalue weighted by Gasteiger charge is 2.21. The predicted molar refractivity (Wildman–Crippen MR) is 105 cm³/mol. The van der Waals surface area contributed by atoms with E-state index in [0.29, 0.717) is 0 Å². The van der Waals surface area contributed by atoms with Gasteiger partial charge in [0.25, 0.3) is 0 Å². The minimum Gasteiger partial charge on any atom is -0.378 e. The molecule has 0 spiro atoms. The summed E-state index contributed by atoms with van der Waals surface area (Å²) in [7, 11) is 4.09. The predicted octanol–water partition coefficient (Wildman–Crippen LogP) is 3.42. The lowest BCUT2D eigenvalue weighted by atomic mass is 10.2. The Bertz CT molecular complexity index is 719. The number of carbonyl (C=O) groups excluding carboxylic acids is 1. The molecular formula is C20H26N4O. The van der Waals surface area contributed by atoms with Crippen molar-refractivity contribution in [2.75, 3.05) is 55.4 Å². The van der Waals surface area contributed by atoms with Crippen molar-refractivity contribution in [1.29, 1.82) is 0 Å². The first-order chi connectivity index (χ1) is 12.0. The van der Waals surface area contributed by atoms with Crippen LogP contribution < -0.4 is 15.1 Å². The van der Waals surface area contributed by atoms with Crippen LogP contribution in [0, 0.1) is 6.92 Å². The number of anilines is 3. The lowest BCUT2D eigenvalue weighted by Gasteiger charge is -2.36. The number of rotatable bonds is 3. The highest BCUT2D eigenvalue weighted by molar-refractivity contribution is 5.90. The number of hydrogen-bond donors (Lipinski definition) is 1. The molecular weight excluding hydrogens is 312 g/mol. The highest BCUT2D eigenvalue weighted by Crippen LogP contribution is 2.21. The maximum Gasteiger partial charge on any atom is 0.321 e. The number of para-hydroxylation sites is 1. The van der Waals surface area contributed by atoms with Crippen LogP contribution >= 0.6 is 0 Å². The first-order valence-electron chi connectivity index (χ1n) is 8.68. The number of piperazine rings is 1. The topological polar surface area (TPSA) is 38.8 Å². The van der Waals surface area contributed by atoms with Crippen LogP contribution in [-0.4, -0.2) is 51.2 Å². The van der Waals surface area contributed by atoms with Gasteiger partial charge in [-0.15, -0.1) is 0 Å². The summed E-state index contributed by atoms with van der Waals surface area (Å²) in [6, 6.07) is 16.4. The van der Waals surface area contributed by atoms with E-state index in [1.807, 2.05) is 50.2 Å². The Balaban J connectivity index is 1.56. The smallest absolute Gasteiger partial charge is 0.321 e. The number of urea groups is 1. The van der Waals surface area contributed by atoms with E-state index in [2.05, 4.69) is 39.4 Å². The Morgan fingerprint density at radius 2 is 1.60 bits per heavy atom. The van der Waals surface area contributed by atoms with Crippen molar-refractivity contribution in [3.05, 3.63) is 54.1 Å². The van der Waals surface area contributed by atoms with E-state index in [1.54, 1.807) is 0 Å². The number of nitrogens with zero attached hydrogens (tertiary/aromatic N) is 3. The second kappa shape index (κ2) is 7.47. The first-order valence-corrected chi connectivity index (χ1v) is 8.68. The van der Waals surface area contributed by atoms with Gasteiger partial charge >= 0.3 is 6.03 Å². The molecule has 132 valence electrons. The molecule has 0 saturated carbocycles. The van der Waals surface area contributed by atoms with E-state index < -0.39 is 0 Å². The van der Waals surface area contributed by atoms with Crippen molar-refractivity contribution < 1.29 is 4.79 Å². The molecule has 0 unspecified atom stereocenters.